The van der Waals surface area contributed by atoms with Crippen molar-refractivity contribution >= 4 is 25.5 Å². The highest BCUT2D eigenvalue weighted by Gasteiger charge is 2.31. The largest absolute Gasteiger partial charge is 0.398 e. The van der Waals surface area contributed by atoms with Gasteiger partial charge in [-0.1, -0.05) is 12.1 Å². The van der Waals surface area contributed by atoms with Gasteiger partial charge in [-0.05, 0) is 18.6 Å². The van der Waals surface area contributed by atoms with E-state index in [0.717, 1.165) is 0 Å². The van der Waals surface area contributed by atoms with E-state index in [4.69, 9.17) is 5.73 Å². The van der Waals surface area contributed by atoms with Crippen molar-refractivity contribution in [3.63, 3.8) is 0 Å². The SMILES string of the molecule is Nc1ccccc1S(=O)(=O)NC1CCS(=O)(=O)C1. The second-order valence-electron chi connectivity index (χ2n) is 4.26. The first-order valence-corrected chi connectivity index (χ1v) is 8.68. The smallest absolute Gasteiger partial charge is 0.242 e. The number of hydrogen-bond acceptors (Lipinski definition) is 5. The molecule has 0 radical (unpaired) electrons. The summed E-state index contributed by atoms with van der Waals surface area (Å²) >= 11 is 0. The van der Waals surface area contributed by atoms with Crippen molar-refractivity contribution in [3.05, 3.63) is 24.3 Å². The Morgan fingerprint density at radius 2 is 1.94 bits per heavy atom. The standard InChI is InChI=1S/C10H14N2O4S2/c11-9-3-1-2-4-10(9)18(15,16)12-8-5-6-17(13,14)7-8/h1-4,8,12H,5-7,11H2. The molecule has 2 rings (SSSR count). The summed E-state index contributed by atoms with van der Waals surface area (Å²) in [5, 5.41) is 0. The van der Waals surface area contributed by atoms with Gasteiger partial charge in [-0.2, -0.15) is 0 Å². The van der Waals surface area contributed by atoms with E-state index in [9.17, 15) is 16.8 Å². The molecule has 0 aliphatic carbocycles. The molecule has 6 nitrogen and oxygen atoms in total. The molecule has 0 aromatic heterocycles. The molecule has 18 heavy (non-hydrogen) atoms. The molecule has 0 bridgehead atoms. The number of para-hydroxylation sites is 1. The number of hydrogen-bond donors (Lipinski definition) is 2. The van der Waals surface area contributed by atoms with Crippen LogP contribution in [0.15, 0.2) is 29.2 Å². The number of nitrogens with one attached hydrogen (secondary N) is 1. The summed E-state index contributed by atoms with van der Waals surface area (Å²) in [6, 6.07) is 5.51. The zero-order valence-corrected chi connectivity index (χ0v) is 11.2. The van der Waals surface area contributed by atoms with E-state index < -0.39 is 25.9 Å². The number of rotatable bonds is 3. The van der Waals surface area contributed by atoms with Crippen LogP contribution in [0.1, 0.15) is 6.42 Å². The number of nitrogen functional groups attached to an aromatic ring is 1. The Bertz CT molecular complexity index is 652. The van der Waals surface area contributed by atoms with Crippen LogP contribution in [0.4, 0.5) is 5.69 Å². The van der Waals surface area contributed by atoms with Crippen LogP contribution in [0.25, 0.3) is 0 Å². The molecule has 1 aromatic carbocycles. The second-order valence-corrected chi connectivity index (χ2v) is 8.17. The summed E-state index contributed by atoms with van der Waals surface area (Å²) in [4.78, 5) is -0.0192. The van der Waals surface area contributed by atoms with Crippen molar-refractivity contribution in [2.24, 2.45) is 0 Å². The first kappa shape index (κ1) is 13.3. The van der Waals surface area contributed by atoms with Crippen molar-refractivity contribution in [3.8, 4) is 0 Å². The van der Waals surface area contributed by atoms with Gasteiger partial charge in [-0.25, -0.2) is 21.6 Å². The average molecular weight is 290 g/mol. The van der Waals surface area contributed by atoms with Crippen LogP contribution in [0.3, 0.4) is 0 Å². The third-order valence-corrected chi connectivity index (χ3v) is 6.13. The second kappa shape index (κ2) is 4.52. The molecule has 1 saturated heterocycles. The predicted molar refractivity (Wildman–Crippen MR) is 68.2 cm³/mol. The number of sulfone groups is 1. The van der Waals surface area contributed by atoms with E-state index in [-0.39, 0.29) is 22.1 Å². The van der Waals surface area contributed by atoms with Gasteiger partial charge in [0.2, 0.25) is 10.0 Å². The van der Waals surface area contributed by atoms with E-state index in [2.05, 4.69) is 4.72 Å². The molecule has 0 saturated carbocycles. The van der Waals surface area contributed by atoms with Crippen molar-refractivity contribution in [1.82, 2.24) is 4.72 Å². The van der Waals surface area contributed by atoms with Crippen LogP contribution in [0.2, 0.25) is 0 Å². The van der Waals surface area contributed by atoms with Crippen LogP contribution in [-0.4, -0.2) is 34.4 Å². The molecular formula is C10H14N2O4S2. The summed E-state index contributed by atoms with van der Waals surface area (Å²) < 4.78 is 49.0. The highest BCUT2D eigenvalue weighted by molar-refractivity contribution is 7.92. The van der Waals surface area contributed by atoms with Gasteiger partial charge >= 0.3 is 0 Å². The molecule has 1 heterocycles. The summed E-state index contributed by atoms with van der Waals surface area (Å²) in [7, 11) is -6.88. The maximum atomic E-state index is 12.0. The minimum Gasteiger partial charge on any atom is -0.398 e. The van der Waals surface area contributed by atoms with Gasteiger partial charge in [0.15, 0.2) is 9.84 Å². The monoisotopic (exact) mass is 290 g/mol. The Hall–Kier alpha value is -1.12. The van der Waals surface area contributed by atoms with Crippen LogP contribution < -0.4 is 10.5 Å². The Kier molecular flexibility index (Phi) is 3.35. The lowest BCUT2D eigenvalue weighted by Gasteiger charge is -2.12. The molecular weight excluding hydrogens is 276 g/mol. The fourth-order valence-electron chi connectivity index (χ4n) is 1.90. The van der Waals surface area contributed by atoms with E-state index >= 15 is 0 Å². The molecule has 1 aliphatic heterocycles. The highest BCUT2D eigenvalue weighted by Crippen LogP contribution is 2.19. The van der Waals surface area contributed by atoms with Gasteiger partial charge in [0.25, 0.3) is 0 Å². The van der Waals surface area contributed by atoms with E-state index in [1.807, 2.05) is 0 Å². The number of benzene rings is 1. The van der Waals surface area contributed by atoms with Gasteiger partial charge in [-0.15, -0.1) is 0 Å². The number of nitrogens with two attached hydrogens (primary N) is 1. The van der Waals surface area contributed by atoms with E-state index in [0.29, 0.717) is 6.42 Å². The minimum absolute atomic E-state index is 0.0183. The fourth-order valence-corrected chi connectivity index (χ4v) is 5.08. The maximum absolute atomic E-state index is 12.0. The van der Waals surface area contributed by atoms with Crippen molar-refractivity contribution in [2.45, 2.75) is 17.4 Å². The molecule has 0 amide bonds. The van der Waals surface area contributed by atoms with Crippen molar-refractivity contribution in [2.75, 3.05) is 17.2 Å². The van der Waals surface area contributed by atoms with Gasteiger partial charge in [0.05, 0.1) is 17.2 Å². The fraction of sp³-hybridized carbons (Fsp3) is 0.400. The topological polar surface area (TPSA) is 106 Å². The Balaban J connectivity index is 2.22. The maximum Gasteiger partial charge on any atom is 0.242 e. The number of sulfonamides is 1. The van der Waals surface area contributed by atoms with Gasteiger partial charge in [0.1, 0.15) is 4.90 Å². The van der Waals surface area contributed by atoms with Crippen LogP contribution in [-0.2, 0) is 19.9 Å². The molecule has 3 N–H and O–H groups in total. The van der Waals surface area contributed by atoms with Gasteiger partial charge in [0, 0.05) is 6.04 Å². The van der Waals surface area contributed by atoms with Crippen molar-refractivity contribution < 1.29 is 16.8 Å². The van der Waals surface area contributed by atoms with Crippen LogP contribution >= 0.6 is 0 Å². The van der Waals surface area contributed by atoms with Gasteiger partial charge < -0.3 is 5.73 Å². The number of anilines is 1. The molecule has 1 fully saturated rings. The predicted octanol–water partition coefficient (Wildman–Crippen LogP) is -0.266. The Labute approximate surface area is 106 Å². The summed E-state index contributed by atoms with van der Waals surface area (Å²) in [6.07, 6.45) is 0.300. The first-order chi connectivity index (χ1) is 8.30. The lowest BCUT2D eigenvalue weighted by molar-refractivity contribution is 0.563. The third-order valence-electron chi connectivity index (χ3n) is 2.76. The van der Waals surface area contributed by atoms with E-state index in [1.54, 1.807) is 12.1 Å². The van der Waals surface area contributed by atoms with Crippen LogP contribution in [0, 0.1) is 0 Å². The minimum atomic E-state index is -3.76. The summed E-state index contributed by atoms with van der Waals surface area (Å²) in [5.74, 6) is -0.135. The zero-order chi connectivity index (χ0) is 13.4. The van der Waals surface area contributed by atoms with Crippen molar-refractivity contribution in [1.29, 1.82) is 0 Å². The third kappa shape index (κ3) is 2.82. The molecule has 1 atom stereocenters. The highest BCUT2D eigenvalue weighted by atomic mass is 32.2. The Morgan fingerprint density at radius 1 is 1.28 bits per heavy atom. The molecule has 1 aromatic rings. The summed E-state index contributed by atoms with van der Waals surface area (Å²) in [6.45, 7) is 0. The van der Waals surface area contributed by atoms with E-state index in [1.165, 1.54) is 12.1 Å². The van der Waals surface area contributed by atoms with Crippen LogP contribution in [0.5, 0.6) is 0 Å². The summed E-state index contributed by atoms with van der Waals surface area (Å²) in [5.41, 5.74) is 5.74. The molecule has 1 aliphatic rings. The lowest BCUT2D eigenvalue weighted by atomic mass is 10.3. The lowest BCUT2D eigenvalue weighted by Crippen LogP contribution is -2.35. The first-order valence-electron chi connectivity index (χ1n) is 5.37. The normalized spacial score (nSPS) is 23.0. The average Bonchev–Trinajstić information content (AvgIpc) is 2.57. The Morgan fingerprint density at radius 3 is 2.50 bits per heavy atom. The molecule has 0 spiro atoms. The van der Waals surface area contributed by atoms with Gasteiger partial charge in [-0.3, -0.25) is 0 Å². The molecule has 8 heteroatoms. The molecule has 100 valence electrons. The molecule has 1 unspecified atom stereocenters. The quantitative estimate of drug-likeness (QED) is 0.746. The zero-order valence-electron chi connectivity index (χ0n) is 9.53.